The first-order chi connectivity index (χ1) is 14.1. The predicted molar refractivity (Wildman–Crippen MR) is 126 cm³/mol. The Kier molecular flexibility index (Phi) is 5.43. The number of nitrogens with one attached hydrogen (secondary N) is 4. The first-order valence-corrected chi connectivity index (χ1v) is 10.6. The van der Waals surface area contributed by atoms with Gasteiger partial charge in [-0.25, -0.2) is 0 Å². The Bertz CT molecular complexity index is 1260. The van der Waals surface area contributed by atoms with Crippen LogP contribution in [-0.4, -0.2) is 30.1 Å². The molecule has 0 spiro atoms. The minimum absolute atomic E-state index is 0.828. The molecule has 3 aromatic heterocycles. The zero-order valence-corrected chi connectivity index (χ0v) is 17.7. The lowest BCUT2D eigenvalue weighted by molar-refractivity contribution is 0.749. The summed E-state index contributed by atoms with van der Waals surface area (Å²) in [6, 6.07) is 12.6. The highest BCUT2D eigenvalue weighted by Crippen LogP contribution is 2.36. The molecule has 0 fully saturated rings. The molecule has 148 valence electrons. The molecule has 0 saturated carbocycles. The molecule has 4 nitrogen and oxygen atoms in total. The third-order valence-electron chi connectivity index (χ3n) is 5.12. The largest absolute Gasteiger partial charge is 0.384 e. The molecule has 29 heavy (non-hydrogen) atoms. The van der Waals surface area contributed by atoms with Gasteiger partial charge in [-0.2, -0.15) is 0 Å². The fraction of sp³-hybridized carbons (Fsp3) is 0.167. The number of aromatic amines is 2. The highest BCUT2D eigenvalue weighted by molar-refractivity contribution is 7.13. The van der Waals surface area contributed by atoms with Gasteiger partial charge in [0.15, 0.2) is 0 Å². The Balaban J connectivity index is 1.90. The number of hydrogen-bond acceptors (Lipinski definition) is 3. The maximum atomic E-state index is 4.32. The first-order valence-electron chi connectivity index (χ1n) is 9.71. The molecule has 0 aliphatic rings. The number of thiophene rings is 1. The van der Waals surface area contributed by atoms with Gasteiger partial charge in [-0.05, 0) is 37.6 Å². The zero-order valence-electron chi connectivity index (χ0n) is 16.9. The van der Waals surface area contributed by atoms with Gasteiger partial charge < -0.3 is 20.6 Å². The number of rotatable bonds is 7. The van der Waals surface area contributed by atoms with Crippen LogP contribution in [0.3, 0.4) is 0 Å². The van der Waals surface area contributed by atoms with E-state index in [0.29, 0.717) is 0 Å². The van der Waals surface area contributed by atoms with E-state index in [1.807, 2.05) is 13.1 Å². The third-order valence-corrected chi connectivity index (χ3v) is 6.00. The van der Waals surface area contributed by atoms with Crippen molar-refractivity contribution in [2.75, 3.05) is 20.1 Å². The molecule has 3 heterocycles. The Hall–Kier alpha value is -3.02. The SMILES string of the molecule is C=C(NCCNC)c1c(C)[nH]c(/C=c2\c(=C)[nH]c3ccccc23)c1-c1cccs1. The number of fused-ring (bicyclic) bond motifs is 1. The lowest BCUT2D eigenvalue weighted by atomic mass is 10.0. The van der Waals surface area contributed by atoms with E-state index in [1.165, 1.54) is 15.8 Å². The van der Waals surface area contributed by atoms with Crippen LogP contribution in [0, 0.1) is 6.92 Å². The van der Waals surface area contributed by atoms with Crippen molar-refractivity contribution < 1.29 is 0 Å². The summed E-state index contributed by atoms with van der Waals surface area (Å²) in [5.74, 6) is 0. The lowest BCUT2D eigenvalue weighted by Gasteiger charge is -2.11. The molecular weight excluding hydrogens is 376 g/mol. The lowest BCUT2D eigenvalue weighted by Crippen LogP contribution is -2.23. The minimum atomic E-state index is 0.828. The predicted octanol–water partition coefficient (Wildman–Crippen LogP) is 3.55. The van der Waals surface area contributed by atoms with E-state index in [1.54, 1.807) is 11.3 Å². The molecule has 0 radical (unpaired) electrons. The topological polar surface area (TPSA) is 55.6 Å². The minimum Gasteiger partial charge on any atom is -0.384 e. The quantitative estimate of drug-likeness (QED) is 0.357. The second-order valence-electron chi connectivity index (χ2n) is 7.11. The van der Waals surface area contributed by atoms with Crippen LogP contribution in [0.4, 0.5) is 0 Å². The summed E-state index contributed by atoms with van der Waals surface area (Å²) in [5, 5.41) is 11.9. The number of likely N-dealkylation sites (N-methyl/N-ethyl adjacent to an activating group) is 1. The maximum Gasteiger partial charge on any atom is 0.0484 e. The van der Waals surface area contributed by atoms with Crippen LogP contribution < -0.4 is 21.2 Å². The summed E-state index contributed by atoms with van der Waals surface area (Å²) in [5.41, 5.74) is 6.54. The molecule has 4 N–H and O–H groups in total. The highest BCUT2D eigenvalue weighted by atomic mass is 32.1. The fourth-order valence-electron chi connectivity index (χ4n) is 3.77. The van der Waals surface area contributed by atoms with Gasteiger partial charge in [0, 0.05) is 67.6 Å². The zero-order chi connectivity index (χ0) is 20.4. The monoisotopic (exact) mass is 402 g/mol. The molecule has 0 unspecified atom stereocenters. The average molecular weight is 403 g/mol. The number of aromatic nitrogens is 2. The van der Waals surface area contributed by atoms with Crippen LogP contribution >= 0.6 is 11.3 Å². The van der Waals surface area contributed by atoms with E-state index < -0.39 is 0 Å². The van der Waals surface area contributed by atoms with E-state index in [9.17, 15) is 0 Å². The van der Waals surface area contributed by atoms with Crippen LogP contribution in [0.15, 0.2) is 48.4 Å². The molecule has 4 aromatic rings. The first kappa shape index (κ1) is 19.3. The Morgan fingerprint density at radius 2 is 1.97 bits per heavy atom. The van der Waals surface area contributed by atoms with E-state index >= 15 is 0 Å². The summed E-state index contributed by atoms with van der Waals surface area (Å²) < 4.78 is 0. The van der Waals surface area contributed by atoms with Crippen molar-refractivity contribution in [3.8, 4) is 10.4 Å². The van der Waals surface area contributed by atoms with Gasteiger partial charge in [0.25, 0.3) is 0 Å². The average Bonchev–Trinajstić information content (AvgIpc) is 3.41. The normalized spacial score (nSPS) is 12.0. The fourth-order valence-corrected chi connectivity index (χ4v) is 4.56. The van der Waals surface area contributed by atoms with Crippen molar-refractivity contribution in [3.63, 3.8) is 0 Å². The number of hydrogen-bond donors (Lipinski definition) is 4. The van der Waals surface area contributed by atoms with Crippen molar-refractivity contribution in [1.82, 2.24) is 20.6 Å². The number of benzene rings is 1. The molecule has 0 aliphatic carbocycles. The van der Waals surface area contributed by atoms with Gasteiger partial charge in [0.05, 0.1) is 0 Å². The number of aryl methyl sites for hydroxylation is 1. The Morgan fingerprint density at radius 1 is 1.14 bits per heavy atom. The van der Waals surface area contributed by atoms with Crippen LogP contribution in [-0.2, 0) is 0 Å². The highest BCUT2D eigenvalue weighted by Gasteiger charge is 2.19. The number of para-hydroxylation sites is 1. The van der Waals surface area contributed by atoms with Crippen molar-refractivity contribution in [1.29, 1.82) is 0 Å². The van der Waals surface area contributed by atoms with E-state index in [-0.39, 0.29) is 0 Å². The van der Waals surface area contributed by atoms with Gasteiger partial charge in [0.2, 0.25) is 0 Å². The number of H-pyrrole nitrogens is 2. The van der Waals surface area contributed by atoms with Crippen LogP contribution in [0.1, 0.15) is 17.0 Å². The van der Waals surface area contributed by atoms with Gasteiger partial charge in [0.1, 0.15) is 0 Å². The van der Waals surface area contributed by atoms with Crippen LogP contribution in [0.5, 0.6) is 0 Å². The summed E-state index contributed by atoms with van der Waals surface area (Å²) in [6.07, 6.45) is 2.20. The summed E-state index contributed by atoms with van der Waals surface area (Å²) >= 11 is 1.74. The van der Waals surface area contributed by atoms with Gasteiger partial charge in [-0.3, -0.25) is 0 Å². The third kappa shape index (κ3) is 3.67. The van der Waals surface area contributed by atoms with E-state index in [4.69, 9.17) is 0 Å². The van der Waals surface area contributed by atoms with Gasteiger partial charge >= 0.3 is 0 Å². The molecule has 4 rings (SSSR count). The van der Waals surface area contributed by atoms with Crippen molar-refractivity contribution in [2.45, 2.75) is 6.92 Å². The molecule has 0 bridgehead atoms. The van der Waals surface area contributed by atoms with Crippen molar-refractivity contribution in [3.05, 3.63) is 75.9 Å². The van der Waals surface area contributed by atoms with Crippen LogP contribution in [0.25, 0.3) is 39.7 Å². The molecule has 5 heteroatoms. The Labute approximate surface area is 174 Å². The molecule has 0 amide bonds. The van der Waals surface area contributed by atoms with Crippen LogP contribution in [0.2, 0.25) is 0 Å². The molecular formula is C24H26N4S. The maximum absolute atomic E-state index is 4.32. The van der Waals surface area contributed by atoms with E-state index in [2.05, 4.69) is 82.5 Å². The van der Waals surface area contributed by atoms with E-state index in [0.717, 1.165) is 51.8 Å². The molecule has 0 aliphatic heterocycles. The second-order valence-corrected chi connectivity index (χ2v) is 8.05. The van der Waals surface area contributed by atoms with Crippen molar-refractivity contribution >= 4 is 40.6 Å². The summed E-state index contributed by atoms with van der Waals surface area (Å²) in [6.45, 7) is 12.4. The second kappa shape index (κ2) is 8.15. The summed E-state index contributed by atoms with van der Waals surface area (Å²) in [4.78, 5) is 8.21. The molecule has 0 saturated heterocycles. The van der Waals surface area contributed by atoms with Gasteiger partial charge in [-0.1, -0.05) is 37.4 Å². The summed E-state index contributed by atoms with van der Waals surface area (Å²) in [7, 11) is 1.95. The molecule has 0 atom stereocenters. The smallest absolute Gasteiger partial charge is 0.0484 e. The standard InChI is InChI=1S/C24H26N4S/c1-15-19(18-8-5-6-9-20(18)27-15)14-21-24(22-10-7-13-29-22)23(17(3)28-21)16(2)26-12-11-25-4/h5-10,13-14,25-28H,1-2,11-12H2,3-4H3/b19-14+. The Morgan fingerprint density at radius 3 is 2.72 bits per heavy atom. The van der Waals surface area contributed by atoms with Crippen molar-refractivity contribution in [2.24, 2.45) is 0 Å². The van der Waals surface area contributed by atoms with Gasteiger partial charge in [-0.15, -0.1) is 11.3 Å². The molecule has 1 aromatic carbocycles.